The van der Waals surface area contributed by atoms with Crippen molar-refractivity contribution in [3.8, 4) is 0 Å². The molecule has 1 aromatic heterocycles. The highest BCUT2D eigenvalue weighted by molar-refractivity contribution is 5.68. The minimum atomic E-state index is -0.446. The zero-order valence-electron chi connectivity index (χ0n) is 14.3. The van der Waals surface area contributed by atoms with Gasteiger partial charge in [-0.25, -0.2) is 14.8 Å². The van der Waals surface area contributed by atoms with Crippen LogP contribution in [0.3, 0.4) is 0 Å². The van der Waals surface area contributed by atoms with E-state index in [2.05, 4.69) is 20.9 Å². The maximum absolute atomic E-state index is 12.1. The number of amides is 1. The predicted molar refractivity (Wildman–Crippen MR) is 88.5 cm³/mol. The van der Waals surface area contributed by atoms with Gasteiger partial charge < -0.3 is 14.5 Å². The molecule has 1 saturated carbocycles. The Balaban J connectivity index is 1.55. The monoisotopic (exact) mass is 318 g/mol. The number of aromatic nitrogens is 2. The summed E-state index contributed by atoms with van der Waals surface area (Å²) in [6.45, 7) is 8.56. The van der Waals surface area contributed by atoms with Crippen molar-refractivity contribution >= 4 is 11.9 Å². The number of carbonyl (C=O) groups excluding carboxylic acids is 1. The molecular formula is C17H26N4O2. The van der Waals surface area contributed by atoms with Crippen LogP contribution in [0.4, 0.5) is 10.6 Å². The van der Waals surface area contributed by atoms with E-state index in [0.717, 1.165) is 36.9 Å². The average Bonchev–Trinajstić information content (AvgIpc) is 3.30. The molecule has 1 aromatic rings. The second-order valence-corrected chi connectivity index (χ2v) is 7.47. The molecule has 2 fully saturated rings. The Bertz CT molecular complexity index is 558. The van der Waals surface area contributed by atoms with E-state index in [1.165, 1.54) is 12.8 Å². The lowest BCUT2D eigenvalue weighted by molar-refractivity contribution is 0.0240. The number of piperazine rings is 1. The lowest BCUT2D eigenvalue weighted by Gasteiger charge is -2.36. The van der Waals surface area contributed by atoms with Gasteiger partial charge in [-0.3, -0.25) is 0 Å². The molecule has 126 valence electrons. The molecule has 23 heavy (non-hydrogen) atoms. The Morgan fingerprint density at radius 3 is 2.52 bits per heavy atom. The first kappa shape index (κ1) is 16.0. The van der Waals surface area contributed by atoms with Gasteiger partial charge in [0.1, 0.15) is 17.7 Å². The van der Waals surface area contributed by atoms with Crippen LogP contribution in [0.1, 0.15) is 39.3 Å². The minimum Gasteiger partial charge on any atom is -0.444 e. The lowest BCUT2D eigenvalue weighted by Crippen LogP contribution is -2.50. The molecule has 0 spiro atoms. The summed E-state index contributed by atoms with van der Waals surface area (Å²) in [7, 11) is 0. The Morgan fingerprint density at radius 2 is 1.91 bits per heavy atom. The van der Waals surface area contributed by atoms with E-state index in [0.29, 0.717) is 13.1 Å². The highest BCUT2D eigenvalue weighted by atomic mass is 16.6. The van der Waals surface area contributed by atoms with Crippen LogP contribution in [0.25, 0.3) is 0 Å². The summed E-state index contributed by atoms with van der Waals surface area (Å²) in [6, 6.07) is 2.10. The van der Waals surface area contributed by atoms with E-state index in [4.69, 9.17) is 4.74 Å². The summed E-state index contributed by atoms with van der Waals surface area (Å²) >= 11 is 0. The SMILES string of the molecule is CC(C)(C)OC(=O)N1CCN(c2cc(CC3CC3)ncn2)CC1. The van der Waals surface area contributed by atoms with Crippen LogP contribution in [0.5, 0.6) is 0 Å². The number of carbonyl (C=O) groups is 1. The van der Waals surface area contributed by atoms with Crippen LogP contribution in [0.2, 0.25) is 0 Å². The fraction of sp³-hybridized carbons (Fsp3) is 0.706. The van der Waals surface area contributed by atoms with Crippen molar-refractivity contribution in [3.63, 3.8) is 0 Å². The van der Waals surface area contributed by atoms with Crippen LogP contribution < -0.4 is 4.90 Å². The van der Waals surface area contributed by atoms with E-state index in [-0.39, 0.29) is 6.09 Å². The van der Waals surface area contributed by atoms with Crippen LogP contribution in [-0.2, 0) is 11.2 Å². The smallest absolute Gasteiger partial charge is 0.410 e. The summed E-state index contributed by atoms with van der Waals surface area (Å²) < 4.78 is 5.43. The van der Waals surface area contributed by atoms with Crippen LogP contribution in [0.15, 0.2) is 12.4 Å². The van der Waals surface area contributed by atoms with Gasteiger partial charge in [-0.15, -0.1) is 0 Å². The van der Waals surface area contributed by atoms with Gasteiger partial charge in [0, 0.05) is 37.9 Å². The lowest BCUT2D eigenvalue weighted by atomic mass is 10.2. The summed E-state index contributed by atoms with van der Waals surface area (Å²) in [6.07, 6.45) is 5.15. The standard InChI is InChI=1S/C17H26N4O2/c1-17(2,3)23-16(22)21-8-6-20(7-9-21)15-11-14(18-12-19-15)10-13-4-5-13/h11-13H,4-10H2,1-3H3. The van der Waals surface area contributed by atoms with Crippen molar-refractivity contribution in [2.45, 2.75) is 45.6 Å². The van der Waals surface area contributed by atoms with Crippen LogP contribution in [0, 0.1) is 5.92 Å². The van der Waals surface area contributed by atoms with Crippen molar-refractivity contribution in [1.82, 2.24) is 14.9 Å². The van der Waals surface area contributed by atoms with Gasteiger partial charge in [-0.1, -0.05) is 0 Å². The van der Waals surface area contributed by atoms with Gasteiger partial charge in [0.25, 0.3) is 0 Å². The summed E-state index contributed by atoms with van der Waals surface area (Å²) in [4.78, 5) is 24.9. The number of hydrogen-bond acceptors (Lipinski definition) is 5. The first-order chi connectivity index (χ1) is 10.9. The number of rotatable bonds is 3. The topological polar surface area (TPSA) is 58.6 Å². The third-order valence-corrected chi connectivity index (χ3v) is 4.16. The maximum Gasteiger partial charge on any atom is 0.410 e. The van der Waals surface area contributed by atoms with Crippen LogP contribution in [-0.4, -0.2) is 52.7 Å². The minimum absolute atomic E-state index is 0.228. The third-order valence-electron chi connectivity index (χ3n) is 4.16. The van der Waals surface area contributed by atoms with Gasteiger partial charge in [-0.05, 0) is 46.0 Å². The van der Waals surface area contributed by atoms with Gasteiger partial charge in [0.15, 0.2) is 0 Å². The first-order valence-corrected chi connectivity index (χ1v) is 8.44. The van der Waals surface area contributed by atoms with E-state index < -0.39 is 5.60 Å². The van der Waals surface area contributed by atoms with Crippen LogP contribution >= 0.6 is 0 Å². The Labute approximate surface area is 137 Å². The number of anilines is 1. The molecule has 1 aliphatic carbocycles. The molecule has 3 rings (SSSR count). The fourth-order valence-electron chi connectivity index (χ4n) is 2.73. The van der Waals surface area contributed by atoms with E-state index in [9.17, 15) is 4.79 Å². The molecule has 1 saturated heterocycles. The third kappa shape index (κ3) is 4.56. The predicted octanol–water partition coefficient (Wildman–Crippen LogP) is 2.49. The van der Waals surface area contributed by atoms with Gasteiger partial charge in [0.2, 0.25) is 0 Å². The van der Waals surface area contributed by atoms with Gasteiger partial charge >= 0.3 is 6.09 Å². The number of nitrogens with zero attached hydrogens (tertiary/aromatic N) is 4. The zero-order chi connectivity index (χ0) is 16.4. The molecule has 1 amide bonds. The van der Waals surface area contributed by atoms with Crippen molar-refractivity contribution in [2.24, 2.45) is 5.92 Å². The van der Waals surface area contributed by atoms with Crippen molar-refractivity contribution in [1.29, 1.82) is 0 Å². The molecule has 6 heteroatoms. The maximum atomic E-state index is 12.1. The van der Waals surface area contributed by atoms with Gasteiger partial charge in [0.05, 0.1) is 0 Å². The molecule has 0 aromatic carbocycles. The molecule has 0 N–H and O–H groups in total. The Hall–Kier alpha value is -1.85. The molecule has 0 radical (unpaired) electrons. The average molecular weight is 318 g/mol. The second-order valence-electron chi connectivity index (χ2n) is 7.47. The molecule has 0 bridgehead atoms. The van der Waals surface area contributed by atoms with Crippen molar-refractivity contribution in [2.75, 3.05) is 31.1 Å². The fourth-order valence-corrected chi connectivity index (χ4v) is 2.73. The molecule has 6 nitrogen and oxygen atoms in total. The summed E-state index contributed by atoms with van der Waals surface area (Å²) in [5, 5.41) is 0. The van der Waals surface area contributed by atoms with Crippen molar-refractivity contribution < 1.29 is 9.53 Å². The largest absolute Gasteiger partial charge is 0.444 e. The quantitative estimate of drug-likeness (QED) is 0.857. The number of ether oxygens (including phenoxy) is 1. The number of hydrogen-bond donors (Lipinski definition) is 0. The normalized spacial score (nSPS) is 18.9. The van der Waals surface area contributed by atoms with Crippen molar-refractivity contribution in [3.05, 3.63) is 18.1 Å². The molecule has 0 atom stereocenters. The van der Waals surface area contributed by atoms with E-state index in [1.807, 2.05) is 20.8 Å². The molecular weight excluding hydrogens is 292 g/mol. The highest BCUT2D eigenvalue weighted by Crippen LogP contribution is 2.32. The van der Waals surface area contributed by atoms with Gasteiger partial charge in [-0.2, -0.15) is 0 Å². The second kappa shape index (κ2) is 6.34. The summed E-state index contributed by atoms with van der Waals surface area (Å²) in [5.74, 6) is 1.79. The zero-order valence-corrected chi connectivity index (χ0v) is 14.3. The molecule has 1 aliphatic heterocycles. The molecule has 2 heterocycles. The highest BCUT2D eigenvalue weighted by Gasteiger charge is 2.27. The first-order valence-electron chi connectivity index (χ1n) is 8.44. The van der Waals surface area contributed by atoms with E-state index in [1.54, 1.807) is 11.2 Å². The Morgan fingerprint density at radius 1 is 1.22 bits per heavy atom. The molecule has 0 unspecified atom stereocenters. The molecule has 2 aliphatic rings. The van der Waals surface area contributed by atoms with E-state index >= 15 is 0 Å². The Kier molecular flexibility index (Phi) is 4.41. The summed E-state index contributed by atoms with van der Waals surface area (Å²) in [5.41, 5.74) is 0.686.